The molecule has 0 spiro atoms. The van der Waals surface area contributed by atoms with Gasteiger partial charge in [-0.25, -0.2) is 9.97 Å². The first-order valence-electron chi connectivity index (χ1n) is 12.5. The zero-order valence-electron chi connectivity index (χ0n) is 20.0. The topological polar surface area (TPSA) is 30.7 Å². The van der Waals surface area contributed by atoms with E-state index in [0.29, 0.717) is 0 Å². The Morgan fingerprint density at radius 1 is 0.486 bits per heavy atom. The highest BCUT2D eigenvalue weighted by Gasteiger charge is 2.16. The Morgan fingerprint density at radius 2 is 1.19 bits per heavy atom. The maximum Gasteiger partial charge on any atom is 0.165 e. The Labute approximate surface area is 213 Å². The first-order chi connectivity index (χ1) is 18.3. The third kappa shape index (κ3) is 3.01. The molecule has 0 amide bonds. The molecule has 2 aromatic heterocycles. The van der Waals surface area contributed by atoms with E-state index in [1.165, 1.54) is 27.1 Å². The number of rotatable bonds is 2. The minimum Gasteiger partial charge on any atom is -0.293 e. The molecule has 8 aromatic rings. The maximum atomic E-state index is 5.20. The van der Waals surface area contributed by atoms with Crippen LogP contribution in [0.2, 0.25) is 0 Å². The normalized spacial score (nSPS) is 11.8. The third-order valence-electron chi connectivity index (χ3n) is 7.35. The minimum absolute atomic E-state index is 0.879. The molecule has 2 heterocycles. The molecule has 8 rings (SSSR count). The summed E-state index contributed by atoms with van der Waals surface area (Å²) in [6.45, 7) is 0. The molecule has 0 radical (unpaired) electrons. The van der Waals surface area contributed by atoms with Gasteiger partial charge in [-0.3, -0.25) is 4.57 Å². The van der Waals surface area contributed by atoms with E-state index < -0.39 is 0 Å². The molecule has 172 valence electrons. The average molecular weight is 472 g/mol. The Hall–Kier alpha value is -5.02. The van der Waals surface area contributed by atoms with E-state index in [0.717, 1.165) is 44.4 Å². The lowest BCUT2D eigenvalue weighted by molar-refractivity contribution is 1.14. The Kier molecular flexibility index (Phi) is 4.23. The van der Waals surface area contributed by atoms with Crippen LogP contribution >= 0.6 is 0 Å². The number of nitrogens with zero attached hydrogens (tertiary/aromatic N) is 3. The molecule has 3 heteroatoms. The average Bonchev–Trinajstić information content (AvgIpc) is 3.29. The number of benzene rings is 6. The third-order valence-corrected chi connectivity index (χ3v) is 7.35. The molecule has 0 N–H and O–H groups in total. The van der Waals surface area contributed by atoms with E-state index in [9.17, 15) is 0 Å². The summed E-state index contributed by atoms with van der Waals surface area (Å²) >= 11 is 0. The van der Waals surface area contributed by atoms with Crippen LogP contribution < -0.4 is 0 Å². The summed E-state index contributed by atoms with van der Waals surface area (Å²) < 4.78 is 2.21. The Morgan fingerprint density at radius 3 is 2.05 bits per heavy atom. The van der Waals surface area contributed by atoms with Gasteiger partial charge in [0.2, 0.25) is 0 Å². The second-order valence-electron chi connectivity index (χ2n) is 9.48. The van der Waals surface area contributed by atoms with Crippen LogP contribution in [0.5, 0.6) is 0 Å². The molecule has 0 bridgehead atoms. The van der Waals surface area contributed by atoms with Crippen LogP contribution in [-0.2, 0) is 0 Å². The first-order valence-corrected chi connectivity index (χ1v) is 12.5. The molecular formula is C34H21N3. The summed E-state index contributed by atoms with van der Waals surface area (Å²) in [6.07, 6.45) is 0. The van der Waals surface area contributed by atoms with Gasteiger partial charge in [0, 0.05) is 11.1 Å². The van der Waals surface area contributed by atoms with Gasteiger partial charge in [-0.1, -0.05) is 91.0 Å². The fraction of sp³-hybridized carbons (Fsp3) is 0. The smallest absolute Gasteiger partial charge is 0.165 e. The van der Waals surface area contributed by atoms with Crippen molar-refractivity contribution in [3.63, 3.8) is 0 Å². The molecule has 0 saturated heterocycles. The fourth-order valence-corrected chi connectivity index (χ4v) is 5.66. The highest BCUT2D eigenvalue weighted by molar-refractivity contribution is 6.14. The maximum absolute atomic E-state index is 5.20. The monoisotopic (exact) mass is 471 g/mol. The molecule has 0 unspecified atom stereocenters. The van der Waals surface area contributed by atoms with Crippen molar-refractivity contribution >= 4 is 54.6 Å². The van der Waals surface area contributed by atoms with E-state index in [1.807, 2.05) is 6.07 Å². The first kappa shape index (κ1) is 20.2. The Bertz CT molecular complexity index is 2140. The molecule has 0 saturated carbocycles. The highest BCUT2D eigenvalue weighted by Crippen LogP contribution is 2.37. The molecule has 3 nitrogen and oxygen atoms in total. The van der Waals surface area contributed by atoms with Gasteiger partial charge in [0.05, 0.1) is 16.6 Å². The molecular weight excluding hydrogens is 450 g/mol. The highest BCUT2D eigenvalue weighted by atomic mass is 15.1. The summed E-state index contributed by atoms with van der Waals surface area (Å²) in [6, 6.07) is 44.8. The molecule has 0 aliphatic rings. The van der Waals surface area contributed by atoms with Crippen LogP contribution in [0, 0.1) is 0 Å². The summed E-state index contributed by atoms with van der Waals surface area (Å²) in [4.78, 5) is 10.3. The second kappa shape index (κ2) is 7.74. The van der Waals surface area contributed by atoms with Crippen molar-refractivity contribution in [1.82, 2.24) is 14.5 Å². The number of hydrogen-bond donors (Lipinski definition) is 0. The summed E-state index contributed by atoms with van der Waals surface area (Å²) in [7, 11) is 0. The van der Waals surface area contributed by atoms with Crippen LogP contribution in [0.1, 0.15) is 0 Å². The number of hydrogen-bond acceptors (Lipinski definition) is 2. The van der Waals surface area contributed by atoms with Gasteiger partial charge in [-0.05, 0) is 69.1 Å². The fourth-order valence-electron chi connectivity index (χ4n) is 5.66. The number of para-hydroxylation sites is 2. The predicted molar refractivity (Wildman–Crippen MR) is 154 cm³/mol. The summed E-state index contributed by atoms with van der Waals surface area (Å²) in [5.41, 5.74) is 8.15. The van der Waals surface area contributed by atoms with Gasteiger partial charge in [-0.2, -0.15) is 0 Å². The van der Waals surface area contributed by atoms with Gasteiger partial charge in [0.1, 0.15) is 5.52 Å². The van der Waals surface area contributed by atoms with Crippen LogP contribution in [0.4, 0.5) is 0 Å². The molecule has 0 atom stereocenters. The summed E-state index contributed by atoms with van der Waals surface area (Å²) in [5.74, 6) is 0. The van der Waals surface area contributed by atoms with Crippen LogP contribution in [0.15, 0.2) is 127 Å². The van der Waals surface area contributed by atoms with E-state index in [1.54, 1.807) is 0 Å². The van der Waals surface area contributed by atoms with Gasteiger partial charge in [0.15, 0.2) is 5.65 Å². The van der Waals surface area contributed by atoms with Crippen LogP contribution in [0.3, 0.4) is 0 Å². The van der Waals surface area contributed by atoms with Crippen molar-refractivity contribution in [2.24, 2.45) is 0 Å². The number of fused-ring (bicyclic) bond motifs is 7. The quantitative estimate of drug-likeness (QED) is 0.236. The molecule has 0 aliphatic heterocycles. The number of aromatic nitrogens is 3. The van der Waals surface area contributed by atoms with Gasteiger partial charge in [-0.15, -0.1) is 0 Å². The lowest BCUT2D eigenvalue weighted by Gasteiger charge is -2.12. The van der Waals surface area contributed by atoms with Crippen molar-refractivity contribution < 1.29 is 0 Å². The Balaban J connectivity index is 1.42. The van der Waals surface area contributed by atoms with Crippen LogP contribution in [0.25, 0.3) is 71.5 Å². The van der Waals surface area contributed by atoms with Gasteiger partial charge in [0.25, 0.3) is 0 Å². The minimum atomic E-state index is 0.879. The molecule has 0 aliphatic carbocycles. The zero-order chi connectivity index (χ0) is 24.3. The van der Waals surface area contributed by atoms with E-state index in [2.05, 4.69) is 126 Å². The SMILES string of the molecule is c1ccc(-n2c3ccccc3c3nc4cc(-c5cc6ccccc6c6ccccc56)ccc4nc32)cc1. The van der Waals surface area contributed by atoms with Crippen molar-refractivity contribution in [3.05, 3.63) is 127 Å². The van der Waals surface area contributed by atoms with Crippen molar-refractivity contribution in [2.75, 3.05) is 0 Å². The van der Waals surface area contributed by atoms with Crippen molar-refractivity contribution in [2.45, 2.75) is 0 Å². The lowest BCUT2D eigenvalue weighted by atomic mass is 9.93. The van der Waals surface area contributed by atoms with Crippen molar-refractivity contribution in [1.29, 1.82) is 0 Å². The largest absolute Gasteiger partial charge is 0.293 e. The molecule has 37 heavy (non-hydrogen) atoms. The van der Waals surface area contributed by atoms with E-state index >= 15 is 0 Å². The lowest BCUT2D eigenvalue weighted by Crippen LogP contribution is -1.96. The predicted octanol–water partition coefficient (Wildman–Crippen LogP) is 8.70. The van der Waals surface area contributed by atoms with Gasteiger partial charge < -0.3 is 0 Å². The zero-order valence-corrected chi connectivity index (χ0v) is 20.0. The molecule has 0 fully saturated rings. The van der Waals surface area contributed by atoms with E-state index in [-0.39, 0.29) is 0 Å². The summed E-state index contributed by atoms with van der Waals surface area (Å²) in [5, 5.41) is 6.14. The van der Waals surface area contributed by atoms with Gasteiger partial charge >= 0.3 is 0 Å². The van der Waals surface area contributed by atoms with E-state index in [4.69, 9.17) is 9.97 Å². The molecule has 6 aromatic carbocycles. The van der Waals surface area contributed by atoms with Crippen LogP contribution in [-0.4, -0.2) is 14.5 Å². The second-order valence-corrected chi connectivity index (χ2v) is 9.48. The van der Waals surface area contributed by atoms with Crippen molar-refractivity contribution in [3.8, 4) is 16.8 Å². The standard InChI is InChI=1S/C34H21N3/c1-2-11-24(12-3-1)37-32-17-9-8-16-28(32)33-34(37)36-30-19-18-23(21-31(30)35-33)29-20-22-10-4-5-13-25(22)26-14-6-7-15-27(26)29/h1-21H.